The van der Waals surface area contributed by atoms with Gasteiger partial charge in [-0.15, -0.1) is 0 Å². The van der Waals surface area contributed by atoms with Gasteiger partial charge < -0.3 is 35.6 Å². The molecule has 6 heterocycles. The van der Waals surface area contributed by atoms with Crippen molar-refractivity contribution in [3.05, 3.63) is 94.5 Å². The molecule has 14 nitrogen and oxygen atoms in total. The molecule has 56 heavy (non-hydrogen) atoms. The standard InChI is InChI=1S/C24H28N6O2.C17H22BrN5O/c1-6-32-24-20(8-7-9-26-24)21-10-17(12-27-18-11-19(31-5)14-25-13-18)23-22(28-21)16(4)29-30(23)15(2)3;1-10(2)22-17-12(5-15(18)23-16(17)11(3)19)7-21-13-6-14(24-4)9-20-8-13/h7-11,13-15,27H,6,12H2,1-5H3;5-6,8-10,19,21-22H,7H2,1-4H3. The summed E-state index contributed by atoms with van der Waals surface area (Å²) in [5.41, 5.74) is 10.2. The number of nitrogens with zero attached hydrogens (tertiary/aromatic N) is 7. The molecule has 0 aliphatic heterocycles. The van der Waals surface area contributed by atoms with E-state index in [1.165, 1.54) is 0 Å². The molecular weight excluding hydrogens is 774 g/mol. The fourth-order valence-electron chi connectivity index (χ4n) is 5.91. The van der Waals surface area contributed by atoms with E-state index in [4.69, 9.17) is 29.7 Å². The summed E-state index contributed by atoms with van der Waals surface area (Å²) in [6.07, 6.45) is 8.60. The number of rotatable bonds is 15. The Labute approximate surface area is 336 Å². The van der Waals surface area contributed by atoms with Crippen LogP contribution >= 0.6 is 15.9 Å². The molecule has 0 fully saturated rings. The molecule has 0 radical (unpaired) electrons. The van der Waals surface area contributed by atoms with Crippen LogP contribution in [0.3, 0.4) is 0 Å². The summed E-state index contributed by atoms with van der Waals surface area (Å²) in [5.74, 6) is 1.98. The molecule has 6 rings (SSSR count). The van der Waals surface area contributed by atoms with Gasteiger partial charge in [-0.25, -0.2) is 15.0 Å². The predicted octanol–water partition coefficient (Wildman–Crippen LogP) is 8.86. The number of nitrogens with one attached hydrogen (secondary N) is 4. The Kier molecular flexibility index (Phi) is 14.1. The second-order valence-electron chi connectivity index (χ2n) is 13.5. The van der Waals surface area contributed by atoms with Crippen LogP contribution in [0.25, 0.3) is 22.3 Å². The number of hydrogen-bond donors (Lipinski definition) is 4. The first-order valence-electron chi connectivity index (χ1n) is 18.4. The molecule has 0 aromatic carbocycles. The first-order valence-corrected chi connectivity index (χ1v) is 19.2. The first-order chi connectivity index (χ1) is 26.9. The minimum atomic E-state index is 0.202. The van der Waals surface area contributed by atoms with E-state index in [0.717, 1.165) is 56.2 Å². The highest BCUT2D eigenvalue weighted by Gasteiger charge is 2.20. The summed E-state index contributed by atoms with van der Waals surface area (Å²) in [6.45, 7) is 15.7. The fraction of sp³-hybridized carbons (Fsp3) is 0.341. The van der Waals surface area contributed by atoms with Gasteiger partial charge in [-0.2, -0.15) is 5.10 Å². The van der Waals surface area contributed by atoms with Crippen molar-refractivity contribution in [3.63, 3.8) is 0 Å². The van der Waals surface area contributed by atoms with Gasteiger partial charge in [0.1, 0.15) is 27.3 Å². The molecule has 4 N–H and O–H groups in total. The molecule has 0 aliphatic rings. The third-order valence-corrected chi connectivity index (χ3v) is 8.85. The topological polar surface area (TPSA) is 170 Å². The Morgan fingerprint density at radius 1 is 0.893 bits per heavy atom. The Morgan fingerprint density at radius 2 is 1.54 bits per heavy atom. The minimum Gasteiger partial charge on any atom is -0.495 e. The van der Waals surface area contributed by atoms with Gasteiger partial charge in [0.15, 0.2) is 0 Å². The van der Waals surface area contributed by atoms with Gasteiger partial charge in [0.25, 0.3) is 0 Å². The zero-order valence-electron chi connectivity index (χ0n) is 33.4. The van der Waals surface area contributed by atoms with Crippen LogP contribution in [0.15, 0.2) is 72.0 Å². The van der Waals surface area contributed by atoms with Crippen molar-refractivity contribution in [2.24, 2.45) is 0 Å². The van der Waals surface area contributed by atoms with Crippen LogP contribution < -0.4 is 30.2 Å². The highest BCUT2D eigenvalue weighted by atomic mass is 79.9. The van der Waals surface area contributed by atoms with Crippen LogP contribution in [-0.4, -0.2) is 67.3 Å². The van der Waals surface area contributed by atoms with Crippen molar-refractivity contribution in [1.82, 2.24) is 34.7 Å². The van der Waals surface area contributed by atoms with Gasteiger partial charge in [0, 0.05) is 49.1 Å². The second-order valence-corrected chi connectivity index (χ2v) is 14.3. The van der Waals surface area contributed by atoms with Crippen molar-refractivity contribution in [2.45, 2.75) is 73.6 Å². The lowest BCUT2D eigenvalue weighted by Gasteiger charge is -2.19. The molecule has 15 heteroatoms. The molecule has 0 bridgehead atoms. The van der Waals surface area contributed by atoms with Gasteiger partial charge in [-0.05, 0) is 94.2 Å². The summed E-state index contributed by atoms with van der Waals surface area (Å²) in [6, 6.07) is 12.2. The molecule has 0 amide bonds. The number of fused-ring (bicyclic) bond motifs is 1. The number of methoxy groups -OCH3 is 2. The third-order valence-electron chi connectivity index (χ3n) is 8.44. The average molecular weight is 825 g/mol. The van der Waals surface area contributed by atoms with Crippen LogP contribution in [-0.2, 0) is 13.1 Å². The van der Waals surface area contributed by atoms with Gasteiger partial charge in [0.2, 0.25) is 5.88 Å². The van der Waals surface area contributed by atoms with Crippen LogP contribution in [0, 0.1) is 12.3 Å². The monoisotopic (exact) mass is 823 g/mol. The normalized spacial score (nSPS) is 10.9. The Morgan fingerprint density at radius 3 is 2.11 bits per heavy atom. The smallest absolute Gasteiger partial charge is 0.222 e. The average Bonchev–Trinajstić information content (AvgIpc) is 3.53. The molecule has 0 unspecified atom stereocenters. The van der Waals surface area contributed by atoms with E-state index in [9.17, 15) is 0 Å². The molecule has 0 saturated carbocycles. The lowest BCUT2D eigenvalue weighted by molar-refractivity contribution is 0.328. The highest BCUT2D eigenvalue weighted by Crippen LogP contribution is 2.33. The maximum absolute atomic E-state index is 7.99. The Balaban J connectivity index is 0.000000224. The highest BCUT2D eigenvalue weighted by molar-refractivity contribution is 9.10. The van der Waals surface area contributed by atoms with Gasteiger partial charge in [0.05, 0.1) is 90.9 Å². The van der Waals surface area contributed by atoms with E-state index < -0.39 is 0 Å². The number of aromatic nitrogens is 7. The van der Waals surface area contributed by atoms with Gasteiger partial charge in [-0.1, -0.05) is 0 Å². The Hall–Kier alpha value is -5.83. The predicted molar refractivity (Wildman–Crippen MR) is 226 cm³/mol. The van der Waals surface area contributed by atoms with E-state index in [1.54, 1.807) is 52.1 Å². The van der Waals surface area contributed by atoms with Crippen molar-refractivity contribution in [1.29, 1.82) is 5.41 Å². The largest absolute Gasteiger partial charge is 0.495 e. The SMILES string of the molecule is CCOc1ncccc1-c1cc(CNc2cncc(OC)c2)c2c(n1)c(C)nn2C(C)C.COc1cncc(NCc2cc(Br)nc(C(C)=N)c2NC(C)C)c1. The maximum Gasteiger partial charge on any atom is 0.222 e. The zero-order chi connectivity index (χ0) is 40.4. The molecule has 0 aliphatic carbocycles. The molecule has 0 atom stereocenters. The van der Waals surface area contributed by atoms with Gasteiger partial charge >= 0.3 is 0 Å². The molecule has 6 aromatic heterocycles. The number of anilines is 3. The fourth-order valence-corrected chi connectivity index (χ4v) is 6.37. The van der Waals surface area contributed by atoms with Crippen LogP contribution in [0.5, 0.6) is 17.4 Å². The molecule has 6 aromatic rings. The number of hydrogen-bond acceptors (Lipinski definition) is 13. The van der Waals surface area contributed by atoms with Crippen molar-refractivity contribution >= 4 is 49.7 Å². The quantitative estimate of drug-likeness (QED) is 0.0574. The number of ether oxygens (including phenoxy) is 3. The zero-order valence-corrected chi connectivity index (χ0v) is 34.9. The second kappa shape index (κ2) is 19.2. The summed E-state index contributed by atoms with van der Waals surface area (Å²) >= 11 is 3.44. The van der Waals surface area contributed by atoms with Crippen molar-refractivity contribution in [2.75, 3.05) is 36.8 Å². The van der Waals surface area contributed by atoms with E-state index in [0.29, 0.717) is 53.1 Å². The summed E-state index contributed by atoms with van der Waals surface area (Å²) in [5, 5.41) is 23.0. The number of pyridine rings is 5. The summed E-state index contributed by atoms with van der Waals surface area (Å²) in [4.78, 5) is 22.2. The first kappa shape index (κ1) is 41.3. The Bertz CT molecular complexity index is 2280. The minimum absolute atomic E-state index is 0.202. The molecule has 0 spiro atoms. The molecule has 0 saturated heterocycles. The van der Waals surface area contributed by atoms with Crippen molar-refractivity contribution in [3.8, 4) is 28.6 Å². The van der Waals surface area contributed by atoms with Crippen LogP contribution in [0.4, 0.5) is 17.1 Å². The summed E-state index contributed by atoms with van der Waals surface area (Å²) < 4.78 is 19.0. The van der Waals surface area contributed by atoms with E-state index >= 15 is 0 Å². The van der Waals surface area contributed by atoms with E-state index in [1.807, 2.05) is 48.9 Å². The lowest BCUT2D eigenvalue weighted by atomic mass is 10.1. The number of halogens is 1. The molecule has 294 valence electrons. The summed E-state index contributed by atoms with van der Waals surface area (Å²) in [7, 11) is 3.25. The van der Waals surface area contributed by atoms with Crippen molar-refractivity contribution < 1.29 is 14.2 Å². The van der Waals surface area contributed by atoms with E-state index in [-0.39, 0.29) is 12.1 Å². The van der Waals surface area contributed by atoms with Gasteiger partial charge in [-0.3, -0.25) is 14.6 Å². The maximum atomic E-state index is 7.99. The van der Waals surface area contributed by atoms with E-state index in [2.05, 4.69) is 85.6 Å². The molecular formula is C41H50BrN11O3. The third kappa shape index (κ3) is 10.3. The van der Waals surface area contributed by atoms with Crippen LogP contribution in [0.2, 0.25) is 0 Å². The lowest BCUT2D eigenvalue weighted by Crippen LogP contribution is -2.17. The van der Waals surface area contributed by atoms with Crippen LogP contribution in [0.1, 0.15) is 70.1 Å². The number of aryl methyl sites for hydroxylation is 1.